The molecule has 8 heteroatoms. The molecule has 1 aliphatic rings. The maximum Gasteiger partial charge on any atom is 0.257 e. The minimum absolute atomic E-state index is 0.290. The van der Waals surface area contributed by atoms with E-state index in [1.54, 1.807) is 17.0 Å². The van der Waals surface area contributed by atoms with E-state index < -0.39 is 21.5 Å². The first kappa shape index (κ1) is 20.0. The monoisotopic (exact) mass is 422 g/mol. The summed E-state index contributed by atoms with van der Waals surface area (Å²) in [6.45, 7) is 0.914. The second kappa shape index (κ2) is 8.62. The van der Waals surface area contributed by atoms with Crippen LogP contribution in [0.4, 0.5) is 0 Å². The maximum atomic E-state index is 12.7. The van der Waals surface area contributed by atoms with Crippen molar-refractivity contribution in [1.82, 2.24) is 14.6 Å². The number of aromatic nitrogens is 2. The number of hydrogen-bond donors (Lipinski definition) is 0. The lowest BCUT2D eigenvalue weighted by atomic mass is 10.1. The predicted molar refractivity (Wildman–Crippen MR) is 115 cm³/mol. The molecule has 4 rings (SSSR count). The van der Waals surface area contributed by atoms with Gasteiger partial charge in [0.1, 0.15) is 17.3 Å². The van der Waals surface area contributed by atoms with Crippen LogP contribution in [0.15, 0.2) is 78.2 Å². The lowest BCUT2D eigenvalue weighted by molar-refractivity contribution is -0.127. The molecule has 0 saturated carbocycles. The number of benzene rings is 2. The Kier molecular flexibility index (Phi) is 5.76. The van der Waals surface area contributed by atoms with Gasteiger partial charge in [-0.3, -0.25) is 4.79 Å². The van der Waals surface area contributed by atoms with Crippen LogP contribution >= 0.6 is 0 Å². The second-order valence-corrected chi connectivity index (χ2v) is 9.23. The third-order valence-corrected chi connectivity index (χ3v) is 6.27. The molecule has 0 fully saturated rings. The summed E-state index contributed by atoms with van der Waals surface area (Å²) in [5, 5.41) is 5.59. The first-order valence-corrected chi connectivity index (χ1v) is 11.5. The first-order chi connectivity index (χ1) is 14.5. The molecule has 2 aromatic carbocycles. The third-order valence-electron chi connectivity index (χ3n) is 4.89. The number of sulfone groups is 1. The summed E-state index contributed by atoms with van der Waals surface area (Å²) in [7, 11) is -3.68. The lowest BCUT2D eigenvalue weighted by Gasteiger charge is -2.12. The fourth-order valence-electron chi connectivity index (χ4n) is 3.39. The highest BCUT2D eigenvalue weighted by molar-refractivity contribution is 7.91. The molecule has 1 aliphatic heterocycles. The zero-order chi connectivity index (χ0) is 21.0. The summed E-state index contributed by atoms with van der Waals surface area (Å²) < 4.78 is 27.1. The van der Waals surface area contributed by atoms with Crippen molar-refractivity contribution >= 4 is 21.5 Å². The molecule has 1 amide bonds. The summed E-state index contributed by atoms with van der Waals surface area (Å²) in [6, 6.07) is 19.3. The van der Waals surface area contributed by atoms with Crippen molar-refractivity contribution in [2.75, 3.05) is 12.3 Å². The van der Waals surface area contributed by atoms with Crippen molar-refractivity contribution in [3.8, 4) is 0 Å². The number of carbonyl (C=O) groups is 1. The largest absolute Gasteiger partial charge is 0.330 e. The van der Waals surface area contributed by atoms with Crippen LogP contribution in [0, 0.1) is 0 Å². The highest BCUT2D eigenvalue weighted by Crippen LogP contribution is 2.15. The van der Waals surface area contributed by atoms with E-state index in [9.17, 15) is 13.2 Å². The summed E-state index contributed by atoms with van der Waals surface area (Å²) in [5.74, 6) is -0.970. The lowest BCUT2D eigenvalue weighted by Crippen LogP contribution is -2.31. The molecule has 0 saturated heterocycles. The fraction of sp³-hybridized carbons (Fsp3) is 0.227. The van der Waals surface area contributed by atoms with E-state index in [1.807, 2.05) is 60.7 Å². The molecule has 0 bridgehead atoms. The standard InChI is InChI=1S/C22H22N4O3S/c27-22(26-13-11-20(24-26)19-9-5-2-6-10-19)17-30(28,29)16-21-23-12-14-25(21)15-18-7-3-1-4-8-18/h1-10,12,14H,11,13,15-17H2. The van der Waals surface area contributed by atoms with Crippen molar-refractivity contribution in [3.63, 3.8) is 0 Å². The predicted octanol–water partition coefficient (Wildman–Crippen LogP) is 2.48. The van der Waals surface area contributed by atoms with Gasteiger partial charge in [-0.25, -0.2) is 18.4 Å². The van der Waals surface area contributed by atoms with Crippen LogP contribution in [0.3, 0.4) is 0 Å². The van der Waals surface area contributed by atoms with E-state index >= 15 is 0 Å². The Morgan fingerprint density at radius 2 is 1.70 bits per heavy atom. The van der Waals surface area contributed by atoms with Gasteiger partial charge in [0.05, 0.1) is 12.3 Å². The SMILES string of the molecule is O=C(CS(=O)(=O)Cc1nccn1Cc1ccccc1)N1CCC(c2ccccc2)=N1. The van der Waals surface area contributed by atoms with Crippen LogP contribution in [0.2, 0.25) is 0 Å². The Labute approximate surface area is 175 Å². The highest BCUT2D eigenvalue weighted by atomic mass is 32.2. The quantitative estimate of drug-likeness (QED) is 0.586. The fourth-order valence-corrected chi connectivity index (χ4v) is 4.65. The van der Waals surface area contributed by atoms with Gasteiger partial charge in [-0.1, -0.05) is 60.7 Å². The van der Waals surface area contributed by atoms with Crippen LogP contribution in [0.5, 0.6) is 0 Å². The van der Waals surface area contributed by atoms with Crippen molar-refractivity contribution in [2.24, 2.45) is 5.10 Å². The molecular weight excluding hydrogens is 400 g/mol. The molecule has 1 aromatic heterocycles. The Balaban J connectivity index is 1.41. The van der Waals surface area contributed by atoms with Gasteiger partial charge >= 0.3 is 0 Å². The molecular formula is C22H22N4O3S. The van der Waals surface area contributed by atoms with E-state index in [1.165, 1.54) is 5.01 Å². The molecule has 2 heterocycles. The molecule has 30 heavy (non-hydrogen) atoms. The normalized spacial score (nSPS) is 14.0. The zero-order valence-corrected chi connectivity index (χ0v) is 17.2. The minimum atomic E-state index is -3.68. The highest BCUT2D eigenvalue weighted by Gasteiger charge is 2.27. The molecule has 3 aromatic rings. The van der Waals surface area contributed by atoms with E-state index in [4.69, 9.17) is 0 Å². The topological polar surface area (TPSA) is 84.6 Å². The van der Waals surface area contributed by atoms with Crippen molar-refractivity contribution in [2.45, 2.75) is 18.7 Å². The maximum absolute atomic E-state index is 12.7. The van der Waals surface area contributed by atoms with E-state index in [2.05, 4.69) is 10.1 Å². The molecule has 0 atom stereocenters. The number of carbonyl (C=O) groups excluding carboxylic acids is 1. The van der Waals surface area contributed by atoms with Gasteiger partial charge in [-0.05, 0) is 11.1 Å². The Morgan fingerprint density at radius 1 is 1.00 bits per heavy atom. The molecule has 0 spiro atoms. The van der Waals surface area contributed by atoms with Crippen molar-refractivity contribution < 1.29 is 13.2 Å². The summed E-state index contributed by atoms with van der Waals surface area (Å²) >= 11 is 0. The molecule has 0 unspecified atom stereocenters. The Bertz CT molecular complexity index is 1160. The molecule has 0 aliphatic carbocycles. The number of imidazole rings is 1. The van der Waals surface area contributed by atoms with Crippen molar-refractivity contribution in [1.29, 1.82) is 0 Å². The van der Waals surface area contributed by atoms with Crippen LogP contribution in [0.1, 0.15) is 23.4 Å². The number of hydrogen-bond acceptors (Lipinski definition) is 5. The minimum Gasteiger partial charge on any atom is -0.330 e. The van der Waals surface area contributed by atoms with Gasteiger partial charge in [-0.15, -0.1) is 0 Å². The van der Waals surface area contributed by atoms with Crippen LogP contribution in [-0.4, -0.2) is 46.9 Å². The summed E-state index contributed by atoms with van der Waals surface area (Å²) in [4.78, 5) is 16.7. The molecule has 7 nitrogen and oxygen atoms in total. The summed E-state index contributed by atoms with van der Waals surface area (Å²) in [6.07, 6.45) is 3.93. The molecule has 0 radical (unpaired) electrons. The van der Waals surface area contributed by atoms with Crippen LogP contribution in [0.25, 0.3) is 0 Å². The Morgan fingerprint density at radius 3 is 2.43 bits per heavy atom. The molecule has 0 N–H and O–H groups in total. The van der Waals surface area contributed by atoms with Gasteiger partial charge in [0.2, 0.25) is 0 Å². The second-order valence-electron chi connectivity index (χ2n) is 7.17. The smallest absolute Gasteiger partial charge is 0.257 e. The van der Waals surface area contributed by atoms with Gasteiger partial charge in [-0.2, -0.15) is 5.10 Å². The first-order valence-electron chi connectivity index (χ1n) is 9.68. The van der Waals surface area contributed by atoms with Crippen LogP contribution < -0.4 is 0 Å². The average Bonchev–Trinajstić information content (AvgIpc) is 3.39. The van der Waals surface area contributed by atoms with Crippen LogP contribution in [-0.2, 0) is 26.9 Å². The average molecular weight is 423 g/mol. The van der Waals surface area contributed by atoms with Gasteiger partial charge < -0.3 is 4.57 Å². The van der Waals surface area contributed by atoms with Gasteiger partial charge in [0.25, 0.3) is 5.91 Å². The van der Waals surface area contributed by atoms with Gasteiger partial charge in [0, 0.05) is 25.4 Å². The zero-order valence-electron chi connectivity index (χ0n) is 16.4. The number of nitrogens with zero attached hydrogens (tertiary/aromatic N) is 4. The van der Waals surface area contributed by atoms with Crippen molar-refractivity contribution in [3.05, 3.63) is 90.0 Å². The number of rotatable bonds is 7. The number of hydrazone groups is 1. The van der Waals surface area contributed by atoms with E-state index in [0.717, 1.165) is 16.8 Å². The third kappa shape index (κ3) is 4.83. The Hall–Kier alpha value is -3.26. The van der Waals surface area contributed by atoms with E-state index in [0.29, 0.717) is 25.3 Å². The number of amides is 1. The van der Waals surface area contributed by atoms with E-state index in [-0.39, 0.29) is 5.75 Å². The molecule has 154 valence electrons. The van der Waals surface area contributed by atoms with Gasteiger partial charge in [0.15, 0.2) is 9.84 Å². The summed E-state index contributed by atoms with van der Waals surface area (Å²) in [5.41, 5.74) is 2.78.